The molecule has 4 atom stereocenters. The molecule has 0 radical (unpaired) electrons. The summed E-state index contributed by atoms with van der Waals surface area (Å²) in [6.45, 7) is 12.5. The lowest BCUT2D eigenvalue weighted by Crippen LogP contribution is -2.45. The SMILES string of the molecule is COc1ccc(CC(C)N(CCOc2ccccc2OCCN(C(C)Cc2cc3c(c(C(N)=O)c2)N(CCCO)CC3)C(C)Cc2ccc(OC)c(S(N)(=O)=O)c2)C(C)Cc2cc3c(c(C(N)=O)c2)N(CCCO)CC3)cc1S(N)(=O)=O. The number of nitrogens with zero attached hydrogens (tertiary/aromatic N) is 4. The molecule has 4 unspecified atom stereocenters. The molecular formula is C60H82N8O12S2. The van der Waals surface area contributed by atoms with Gasteiger partial charge in [-0.15, -0.1) is 0 Å². The van der Waals surface area contributed by atoms with Gasteiger partial charge in [-0.25, -0.2) is 27.1 Å². The minimum absolute atomic E-state index is 0.0405. The predicted octanol–water partition coefficient (Wildman–Crippen LogP) is 4.57. The van der Waals surface area contributed by atoms with Crippen molar-refractivity contribution in [2.75, 3.05) is 89.7 Å². The van der Waals surface area contributed by atoms with Crippen molar-refractivity contribution in [2.24, 2.45) is 21.7 Å². The molecular weight excluding hydrogens is 1090 g/mol. The van der Waals surface area contributed by atoms with Crippen molar-refractivity contribution in [1.29, 1.82) is 0 Å². The number of benzene rings is 5. The van der Waals surface area contributed by atoms with Gasteiger partial charge in [0.2, 0.25) is 20.0 Å². The van der Waals surface area contributed by atoms with Crippen molar-refractivity contribution < 1.29 is 55.6 Å². The van der Waals surface area contributed by atoms with Crippen LogP contribution in [-0.4, -0.2) is 153 Å². The van der Waals surface area contributed by atoms with E-state index < -0.39 is 31.9 Å². The number of aliphatic hydroxyl groups excluding tert-OH is 2. The van der Waals surface area contributed by atoms with Gasteiger partial charge in [0.1, 0.15) is 34.5 Å². The molecule has 0 saturated heterocycles. The molecule has 0 saturated carbocycles. The first-order valence-electron chi connectivity index (χ1n) is 27.9. The lowest BCUT2D eigenvalue weighted by Gasteiger charge is -2.35. The maximum absolute atomic E-state index is 13.0. The number of nitrogens with two attached hydrogens (primary N) is 4. The molecule has 0 aliphatic carbocycles. The number of anilines is 2. The maximum atomic E-state index is 13.0. The molecule has 22 heteroatoms. The Morgan fingerprint density at radius 3 is 1.24 bits per heavy atom. The van der Waals surface area contributed by atoms with Gasteiger partial charge in [-0.1, -0.05) is 36.4 Å². The van der Waals surface area contributed by atoms with Gasteiger partial charge in [0.15, 0.2) is 11.5 Å². The quantitative estimate of drug-likeness (QED) is 0.0344. The molecule has 0 bridgehead atoms. The average Bonchev–Trinajstić information content (AvgIpc) is 3.92. The Bertz CT molecular complexity index is 3060. The summed E-state index contributed by atoms with van der Waals surface area (Å²) in [5.74, 6) is 0.321. The average molecular weight is 1170 g/mol. The van der Waals surface area contributed by atoms with E-state index in [-0.39, 0.29) is 71.9 Å². The fourth-order valence-corrected chi connectivity index (χ4v) is 13.4. The standard InChI is InChI=1S/C60H82N8O12S2/c1-39(29-43-13-15-53(77-5)55(37-43)81(63,73)74)67(41(3)31-45-33-47-17-21-65(19-9-25-69)57(47)49(35-45)59(61)71)23-27-79-51-11-7-8-12-52(51)80-28-24-68(40(2)30-44-14-16-54(78-6)56(38-44)82(64,75)76)42(4)32-46-34-48-18-22-66(20-10-26-70)58(48)50(36-46)60(62)72/h7-8,11-16,33-42,69-70H,9-10,17-32H2,1-6H3,(H2,61,71)(H2,62,72)(H2,63,73,74)(H2,64,75,76). The van der Waals surface area contributed by atoms with E-state index in [0.717, 1.165) is 70.7 Å². The fraction of sp³-hybridized carbons (Fsp3) is 0.467. The zero-order chi connectivity index (χ0) is 59.5. The second kappa shape index (κ2) is 28.2. The molecule has 2 heterocycles. The zero-order valence-corrected chi connectivity index (χ0v) is 49.6. The monoisotopic (exact) mass is 1170 g/mol. The highest BCUT2D eigenvalue weighted by Crippen LogP contribution is 2.37. The molecule has 20 nitrogen and oxygen atoms in total. The molecule has 10 N–H and O–H groups in total. The first kappa shape index (κ1) is 63.1. The number of ether oxygens (including phenoxy) is 4. The maximum Gasteiger partial charge on any atom is 0.250 e. The summed E-state index contributed by atoms with van der Waals surface area (Å²) in [6, 6.07) is 24.9. The summed E-state index contributed by atoms with van der Waals surface area (Å²) in [4.78, 5) is 34.5. The number of amides is 2. The van der Waals surface area contributed by atoms with E-state index in [4.69, 9.17) is 40.7 Å². The van der Waals surface area contributed by atoms with Crippen LogP contribution in [0.3, 0.4) is 0 Å². The highest BCUT2D eigenvalue weighted by atomic mass is 32.2. The first-order valence-corrected chi connectivity index (χ1v) is 31.0. The topological polar surface area (TPSA) is 297 Å². The molecule has 2 aliphatic heterocycles. The number of fused-ring (bicyclic) bond motifs is 2. The van der Waals surface area contributed by atoms with E-state index in [1.54, 1.807) is 24.3 Å². The van der Waals surface area contributed by atoms with Gasteiger partial charge < -0.3 is 50.4 Å². The van der Waals surface area contributed by atoms with Crippen LogP contribution < -0.4 is 50.5 Å². The Hall–Kier alpha value is -6.50. The Morgan fingerprint density at radius 1 is 0.549 bits per heavy atom. The van der Waals surface area contributed by atoms with E-state index in [0.29, 0.717) is 87.3 Å². The van der Waals surface area contributed by atoms with Crippen LogP contribution in [0.5, 0.6) is 23.0 Å². The van der Waals surface area contributed by atoms with Crippen molar-refractivity contribution in [3.05, 3.63) is 129 Å². The minimum Gasteiger partial charge on any atom is -0.495 e. The van der Waals surface area contributed by atoms with Gasteiger partial charge >= 0.3 is 0 Å². The number of carbonyl (C=O) groups excluding carboxylic acids is 2. The number of para-hydroxylation sites is 2. The summed E-state index contributed by atoms with van der Waals surface area (Å²) in [7, 11) is -5.40. The highest BCUT2D eigenvalue weighted by molar-refractivity contribution is 7.89. The number of hydrogen-bond acceptors (Lipinski definition) is 16. The van der Waals surface area contributed by atoms with Crippen molar-refractivity contribution in [3.63, 3.8) is 0 Å². The molecule has 5 aromatic carbocycles. The van der Waals surface area contributed by atoms with E-state index in [1.807, 2.05) is 48.5 Å². The molecule has 0 spiro atoms. The van der Waals surface area contributed by atoms with Crippen molar-refractivity contribution >= 4 is 43.2 Å². The largest absolute Gasteiger partial charge is 0.495 e. The summed E-state index contributed by atoms with van der Waals surface area (Å²) < 4.78 is 74.4. The van der Waals surface area contributed by atoms with Crippen LogP contribution in [0.25, 0.3) is 0 Å². The van der Waals surface area contributed by atoms with E-state index in [9.17, 15) is 36.6 Å². The van der Waals surface area contributed by atoms with Gasteiger partial charge in [0, 0.05) is 76.6 Å². The molecule has 5 aromatic rings. The molecule has 0 aromatic heterocycles. The fourth-order valence-electron chi connectivity index (χ4n) is 11.9. The highest BCUT2D eigenvalue weighted by Gasteiger charge is 2.31. The van der Waals surface area contributed by atoms with Crippen LogP contribution in [0.15, 0.2) is 94.7 Å². The molecule has 446 valence electrons. The lowest BCUT2D eigenvalue weighted by atomic mass is 9.96. The summed E-state index contributed by atoms with van der Waals surface area (Å²) in [5, 5.41) is 30.3. The van der Waals surface area contributed by atoms with Crippen LogP contribution in [0, 0.1) is 0 Å². The number of sulfonamides is 2. The van der Waals surface area contributed by atoms with Crippen LogP contribution in [-0.2, 0) is 58.6 Å². The lowest BCUT2D eigenvalue weighted by molar-refractivity contribution is 0.0992. The smallest absolute Gasteiger partial charge is 0.250 e. The van der Waals surface area contributed by atoms with Crippen LogP contribution in [0.4, 0.5) is 11.4 Å². The number of primary amides is 2. The number of methoxy groups -OCH3 is 2. The van der Waals surface area contributed by atoms with Crippen LogP contribution in [0.1, 0.15) is 94.6 Å². The zero-order valence-electron chi connectivity index (χ0n) is 48.0. The van der Waals surface area contributed by atoms with Crippen LogP contribution >= 0.6 is 0 Å². The Kier molecular flexibility index (Phi) is 21.7. The Morgan fingerprint density at radius 2 is 0.915 bits per heavy atom. The summed E-state index contributed by atoms with van der Waals surface area (Å²) in [6.07, 6.45) is 4.65. The van der Waals surface area contributed by atoms with Gasteiger partial charge in [-0.05, 0) is 161 Å². The summed E-state index contributed by atoms with van der Waals surface area (Å²) in [5.41, 5.74) is 20.0. The number of hydrogen-bond donors (Lipinski definition) is 6. The molecule has 0 fully saturated rings. The first-order chi connectivity index (χ1) is 39.0. The number of aliphatic hydroxyl groups is 2. The number of rotatable bonds is 32. The third-order valence-corrected chi connectivity index (χ3v) is 17.5. The second-order valence-electron chi connectivity index (χ2n) is 21.6. The second-order valence-corrected chi connectivity index (χ2v) is 24.6. The molecule has 82 heavy (non-hydrogen) atoms. The molecule has 2 amide bonds. The normalized spacial score (nSPS) is 14.8. The van der Waals surface area contributed by atoms with E-state index >= 15 is 0 Å². The minimum atomic E-state index is -4.09. The van der Waals surface area contributed by atoms with Crippen molar-refractivity contribution in [1.82, 2.24) is 9.80 Å². The predicted molar refractivity (Wildman–Crippen MR) is 317 cm³/mol. The third kappa shape index (κ3) is 15.8. The summed E-state index contributed by atoms with van der Waals surface area (Å²) >= 11 is 0. The number of carbonyl (C=O) groups is 2. The van der Waals surface area contributed by atoms with Crippen molar-refractivity contribution in [3.8, 4) is 23.0 Å². The Balaban J connectivity index is 1.11. The van der Waals surface area contributed by atoms with Gasteiger partial charge in [-0.2, -0.15) is 0 Å². The van der Waals surface area contributed by atoms with Gasteiger partial charge in [-0.3, -0.25) is 19.4 Å². The van der Waals surface area contributed by atoms with Crippen molar-refractivity contribution in [2.45, 2.75) is 113 Å². The Labute approximate surface area is 483 Å². The molecule has 7 rings (SSSR count). The van der Waals surface area contributed by atoms with Crippen LogP contribution in [0.2, 0.25) is 0 Å². The van der Waals surface area contributed by atoms with Gasteiger partial charge in [0.05, 0.1) is 36.7 Å². The third-order valence-electron chi connectivity index (χ3n) is 15.7. The van der Waals surface area contributed by atoms with Gasteiger partial charge in [0.25, 0.3) is 11.8 Å². The van der Waals surface area contributed by atoms with E-state index in [1.165, 1.54) is 14.2 Å². The number of primary sulfonamides is 2. The molecule has 2 aliphatic rings. The van der Waals surface area contributed by atoms with E-state index in [2.05, 4.69) is 59.4 Å².